The molecule has 0 radical (unpaired) electrons. The molecule has 4 nitrogen and oxygen atoms in total. The van der Waals surface area contributed by atoms with Crippen molar-refractivity contribution in [1.29, 1.82) is 0 Å². The Balaban J connectivity index is 2.03. The van der Waals surface area contributed by atoms with Gasteiger partial charge in [-0.3, -0.25) is 9.69 Å². The fourth-order valence-corrected chi connectivity index (χ4v) is 3.45. The molecule has 136 valence electrons. The van der Waals surface area contributed by atoms with Crippen molar-refractivity contribution in [2.24, 2.45) is 0 Å². The van der Waals surface area contributed by atoms with Crippen LogP contribution in [0.25, 0.3) is 10.2 Å². The van der Waals surface area contributed by atoms with Crippen molar-refractivity contribution in [3.05, 3.63) is 59.4 Å². The molecule has 26 heavy (non-hydrogen) atoms. The second kappa shape index (κ2) is 7.43. The lowest BCUT2D eigenvalue weighted by Crippen LogP contribution is -2.36. The highest BCUT2D eigenvalue weighted by atomic mass is 32.1. The number of thiazole rings is 1. The summed E-state index contributed by atoms with van der Waals surface area (Å²) in [5.74, 6) is -2.47. The van der Waals surface area contributed by atoms with Crippen LogP contribution in [0, 0.1) is 17.5 Å². The maximum absolute atomic E-state index is 14.0. The fraction of sp³-hybridized carbons (Fsp3) is 0.222. The van der Waals surface area contributed by atoms with Crippen molar-refractivity contribution in [3.8, 4) is 0 Å². The molecule has 0 saturated heterocycles. The van der Waals surface area contributed by atoms with Crippen LogP contribution < -0.4 is 4.90 Å². The summed E-state index contributed by atoms with van der Waals surface area (Å²) in [4.78, 5) is 20.3. The standard InChI is InChI=1S/C18H16F3N3OS/c1-23(2)6-7-24(17(25)11-4-3-5-12(19)8-11)18-22-16-14(21)9-13(20)10-15(16)26-18/h3-5,8-10H,6-7H2,1-2H3. The first-order chi connectivity index (χ1) is 12.3. The normalized spacial score (nSPS) is 11.3. The van der Waals surface area contributed by atoms with Gasteiger partial charge in [-0.15, -0.1) is 0 Å². The van der Waals surface area contributed by atoms with E-state index >= 15 is 0 Å². The number of anilines is 1. The zero-order valence-corrected chi connectivity index (χ0v) is 15.0. The Morgan fingerprint density at radius 3 is 2.54 bits per heavy atom. The largest absolute Gasteiger partial charge is 0.308 e. The molecule has 0 atom stereocenters. The van der Waals surface area contributed by atoms with Gasteiger partial charge in [0.05, 0.1) is 4.70 Å². The molecule has 0 aliphatic heterocycles. The SMILES string of the molecule is CN(C)CCN(C(=O)c1cccc(F)c1)c1nc2c(F)cc(F)cc2s1. The summed E-state index contributed by atoms with van der Waals surface area (Å²) in [7, 11) is 3.69. The molecule has 0 bridgehead atoms. The van der Waals surface area contributed by atoms with E-state index in [0.29, 0.717) is 11.2 Å². The summed E-state index contributed by atoms with van der Waals surface area (Å²) in [6.45, 7) is 0.792. The first-order valence-corrected chi connectivity index (χ1v) is 8.64. The van der Waals surface area contributed by atoms with E-state index in [0.717, 1.165) is 23.5 Å². The molecule has 1 heterocycles. The van der Waals surface area contributed by atoms with Crippen LogP contribution in [0.3, 0.4) is 0 Å². The maximum atomic E-state index is 14.0. The number of halogens is 3. The number of carbonyl (C=O) groups excluding carboxylic acids is 1. The number of amides is 1. The quantitative estimate of drug-likeness (QED) is 0.674. The van der Waals surface area contributed by atoms with Crippen LogP contribution in [-0.2, 0) is 0 Å². The van der Waals surface area contributed by atoms with Crippen LogP contribution in [0.1, 0.15) is 10.4 Å². The molecule has 1 aromatic heterocycles. The third kappa shape index (κ3) is 3.86. The van der Waals surface area contributed by atoms with Crippen molar-refractivity contribution in [2.75, 3.05) is 32.1 Å². The zero-order chi connectivity index (χ0) is 18.8. The lowest BCUT2D eigenvalue weighted by atomic mass is 10.2. The van der Waals surface area contributed by atoms with Crippen LogP contribution in [0.2, 0.25) is 0 Å². The first-order valence-electron chi connectivity index (χ1n) is 7.83. The van der Waals surface area contributed by atoms with Gasteiger partial charge in [0.2, 0.25) is 0 Å². The van der Waals surface area contributed by atoms with Crippen LogP contribution in [0.5, 0.6) is 0 Å². The van der Waals surface area contributed by atoms with E-state index in [-0.39, 0.29) is 22.8 Å². The van der Waals surface area contributed by atoms with E-state index in [1.54, 1.807) is 0 Å². The molecule has 0 fully saturated rings. The molecule has 3 aromatic rings. The van der Waals surface area contributed by atoms with Gasteiger partial charge in [0.1, 0.15) is 17.2 Å². The third-order valence-electron chi connectivity index (χ3n) is 3.72. The van der Waals surface area contributed by atoms with E-state index < -0.39 is 23.4 Å². The number of rotatable bonds is 5. The van der Waals surface area contributed by atoms with Gasteiger partial charge in [0, 0.05) is 24.7 Å². The van der Waals surface area contributed by atoms with Crippen LogP contribution in [0.4, 0.5) is 18.3 Å². The van der Waals surface area contributed by atoms with E-state index in [4.69, 9.17) is 0 Å². The number of hydrogen-bond acceptors (Lipinski definition) is 4. The smallest absolute Gasteiger partial charge is 0.260 e. The van der Waals surface area contributed by atoms with Gasteiger partial charge in [0.15, 0.2) is 10.9 Å². The van der Waals surface area contributed by atoms with Gasteiger partial charge in [-0.05, 0) is 38.4 Å². The highest BCUT2D eigenvalue weighted by Crippen LogP contribution is 2.32. The van der Waals surface area contributed by atoms with Crippen molar-refractivity contribution >= 4 is 32.6 Å². The van der Waals surface area contributed by atoms with Crippen molar-refractivity contribution < 1.29 is 18.0 Å². The third-order valence-corrected chi connectivity index (χ3v) is 4.75. The molecule has 1 amide bonds. The minimum Gasteiger partial charge on any atom is -0.308 e. The number of benzene rings is 2. The Bertz CT molecular complexity index is 958. The molecule has 0 aliphatic carbocycles. The lowest BCUT2D eigenvalue weighted by molar-refractivity contribution is 0.0984. The van der Waals surface area contributed by atoms with Crippen LogP contribution in [0.15, 0.2) is 36.4 Å². The molecule has 0 saturated carbocycles. The minimum absolute atomic E-state index is 0.00768. The van der Waals surface area contributed by atoms with E-state index in [9.17, 15) is 18.0 Å². The van der Waals surface area contributed by atoms with E-state index in [1.807, 2.05) is 19.0 Å². The average molecular weight is 379 g/mol. The van der Waals surface area contributed by atoms with Crippen molar-refractivity contribution in [1.82, 2.24) is 9.88 Å². The van der Waals surface area contributed by atoms with Gasteiger partial charge < -0.3 is 4.90 Å². The lowest BCUT2D eigenvalue weighted by Gasteiger charge is -2.22. The van der Waals surface area contributed by atoms with Crippen LogP contribution in [-0.4, -0.2) is 43.0 Å². The maximum Gasteiger partial charge on any atom is 0.260 e. The van der Waals surface area contributed by atoms with Gasteiger partial charge in [-0.1, -0.05) is 17.4 Å². The van der Waals surface area contributed by atoms with Gasteiger partial charge in [0.25, 0.3) is 5.91 Å². The Hall–Kier alpha value is -2.45. The number of likely N-dealkylation sites (N-methyl/N-ethyl adjacent to an activating group) is 1. The molecule has 0 unspecified atom stereocenters. The molecule has 0 N–H and O–H groups in total. The highest BCUT2D eigenvalue weighted by Gasteiger charge is 2.23. The van der Waals surface area contributed by atoms with Gasteiger partial charge >= 0.3 is 0 Å². The second-order valence-corrected chi connectivity index (χ2v) is 7.01. The number of aromatic nitrogens is 1. The van der Waals surface area contributed by atoms with Crippen LogP contribution >= 0.6 is 11.3 Å². The Kier molecular flexibility index (Phi) is 5.24. The average Bonchev–Trinajstić information content (AvgIpc) is 2.98. The molecular formula is C18H16F3N3OS. The van der Waals surface area contributed by atoms with E-state index in [2.05, 4.69) is 4.98 Å². The Morgan fingerprint density at radius 1 is 1.08 bits per heavy atom. The molecule has 8 heteroatoms. The fourth-order valence-electron chi connectivity index (χ4n) is 2.42. The zero-order valence-electron chi connectivity index (χ0n) is 14.2. The summed E-state index contributed by atoms with van der Waals surface area (Å²) in [5, 5.41) is 0.237. The summed E-state index contributed by atoms with van der Waals surface area (Å²) in [6.07, 6.45) is 0. The molecule has 3 rings (SSSR count). The first kappa shape index (κ1) is 18.3. The Labute approximate surface area is 152 Å². The monoisotopic (exact) mass is 379 g/mol. The molecular weight excluding hydrogens is 363 g/mol. The Morgan fingerprint density at radius 2 is 1.85 bits per heavy atom. The van der Waals surface area contributed by atoms with E-state index in [1.165, 1.54) is 29.2 Å². The van der Waals surface area contributed by atoms with Gasteiger partial charge in [-0.25, -0.2) is 18.2 Å². The predicted molar refractivity (Wildman–Crippen MR) is 96.2 cm³/mol. The summed E-state index contributed by atoms with van der Waals surface area (Å²) >= 11 is 1.01. The van der Waals surface area contributed by atoms with Crippen molar-refractivity contribution in [2.45, 2.75) is 0 Å². The summed E-state index contributed by atoms with van der Waals surface area (Å²) in [6, 6.07) is 7.26. The topological polar surface area (TPSA) is 36.4 Å². The minimum atomic E-state index is -0.784. The second-order valence-electron chi connectivity index (χ2n) is 6.00. The number of carbonyl (C=O) groups is 1. The predicted octanol–water partition coefficient (Wildman–Crippen LogP) is 3.92. The summed E-state index contributed by atoms with van der Waals surface area (Å²) in [5.41, 5.74) is 0.169. The number of nitrogens with zero attached hydrogens (tertiary/aromatic N) is 3. The number of hydrogen-bond donors (Lipinski definition) is 0. The van der Waals surface area contributed by atoms with Gasteiger partial charge in [-0.2, -0.15) is 0 Å². The molecule has 0 aliphatic rings. The van der Waals surface area contributed by atoms with Crippen molar-refractivity contribution in [3.63, 3.8) is 0 Å². The molecule has 2 aromatic carbocycles. The summed E-state index contributed by atoms with van der Waals surface area (Å²) < 4.78 is 41.2. The number of fused-ring (bicyclic) bond motifs is 1. The molecule has 0 spiro atoms. The highest BCUT2D eigenvalue weighted by molar-refractivity contribution is 7.22.